The Morgan fingerprint density at radius 3 is 2.57 bits per heavy atom. The molecule has 1 aromatic rings. The van der Waals surface area contributed by atoms with Crippen molar-refractivity contribution in [3.63, 3.8) is 0 Å². The van der Waals surface area contributed by atoms with Gasteiger partial charge < -0.3 is 14.8 Å². The average Bonchev–Trinajstić information content (AvgIpc) is 2.52. The maximum atomic E-state index is 10.9. The van der Waals surface area contributed by atoms with Gasteiger partial charge in [0.25, 0.3) is 0 Å². The summed E-state index contributed by atoms with van der Waals surface area (Å²) < 4.78 is 10.3. The van der Waals surface area contributed by atoms with Crippen molar-refractivity contribution in [1.82, 2.24) is 5.32 Å². The summed E-state index contributed by atoms with van der Waals surface area (Å²) in [7, 11) is 1.42. The van der Waals surface area contributed by atoms with Gasteiger partial charge in [0, 0.05) is 13.0 Å². The van der Waals surface area contributed by atoms with Crippen molar-refractivity contribution in [2.24, 2.45) is 0 Å². The van der Waals surface area contributed by atoms with E-state index in [1.54, 1.807) is 0 Å². The Kier molecular flexibility index (Phi) is 9.29. The lowest BCUT2D eigenvalue weighted by molar-refractivity contribution is -0.140. The molecule has 0 heterocycles. The minimum Gasteiger partial charge on any atom is -0.494 e. The van der Waals surface area contributed by atoms with Crippen LogP contribution in [0.15, 0.2) is 24.3 Å². The molecule has 0 radical (unpaired) electrons. The van der Waals surface area contributed by atoms with Crippen molar-refractivity contribution >= 4 is 5.97 Å². The highest BCUT2D eigenvalue weighted by molar-refractivity contribution is 5.69. The van der Waals surface area contributed by atoms with E-state index in [0.717, 1.165) is 38.3 Å². The van der Waals surface area contributed by atoms with Gasteiger partial charge in [-0.2, -0.15) is 0 Å². The van der Waals surface area contributed by atoms with Crippen LogP contribution in [0, 0.1) is 0 Å². The van der Waals surface area contributed by atoms with E-state index in [1.165, 1.54) is 25.5 Å². The first-order valence-corrected chi connectivity index (χ1v) is 7.75. The first-order chi connectivity index (χ1) is 10.3. The summed E-state index contributed by atoms with van der Waals surface area (Å²) in [5.74, 6) is 0.780. The van der Waals surface area contributed by atoms with E-state index in [2.05, 4.69) is 29.1 Å². The third-order valence-corrected chi connectivity index (χ3v) is 3.23. The predicted molar refractivity (Wildman–Crippen MR) is 84.4 cm³/mol. The van der Waals surface area contributed by atoms with Crippen LogP contribution in [0.25, 0.3) is 0 Å². The van der Waals surface area contributed by atoms with E-state index in [1.807, 2.05) is 12.1 Å². The van der Waals surface area contributed by atoms with Crippen LogP contribution in [0.2, 0.25) is 0 Å². The Morgan fingerprint density at radius 1 is 1.14 bits per heavy atom. The molecule has 21 heavy (non-hydrogen) atoms. The number of methoxy groups -OCH3 is 1. The zero-order valence-electron chi connectivity index (χ0n) is 13.2. The zero-order chi connectivity index (χ0) is 15.3. The van der Waals surface area contributed by atoms with Crippen LogP contribution in [0.5, 0.6) is 5.75 Å². The topological polar surface area (TPSA) is 47.6 Å². The van der Waals surface area contributed by atoms with Gasteiger partial charge >= 0.3 is 5.97 Å². The van der Waals surface area contributed by atoms with Crippen LogP contribution < -0.4 is 10.1 Å². The second-order valence-corrected chi connectivity index (χ2v) is 5.06. The van der Waals surface area contributed by atoms with E-state index in [9.17, 15) is 4.79 Å². The molecule has 1 aromatic carbocycles. The highest BCUT2D eigenvalue weighted by atomic mass is 16.5. The molecule has 0 aliphatic heterocycles. The molecule has 0 spiro atoms. The summed E-state index contributed by atoms with van der Waals surface area (Å²) >= 11 is 0. The number of unbranched alkanes of at least 4 members (excludes halogenated alkanes) is 2. The molecule has 0 bridgehead atoms. The number of hydrogen-bond donors (Lipinski definition) is 1. The molecule has 0 aromatic heterocycles. The second kappa shape index (κ2) is 11.1. The van der Waals surface area contributed by atoms with Crippen LogP contribution in [-0.4, -0.2) is 26.2 Å². The lowest BCUT2D eigenvalue weighted by Crippen LogP contribution is -2.16. The predicted octanol–water partition coefficient (Wildman–Crippen LogP) is 3.30. The minimum absolute atomic E-state index is 0.152. The molecule has 0 unspecified atom stereocenters. The minimum atomic E-state index is -0.152. The maximum Gasteiger partial charge on any atom is 0.305 e. The second-order valence-electron chi connectivity index (χ2n) is 5.06. The van der Waals surface area contributed by atoms with Crippen LogP contribution >= 0.6 is 0 Å². The Bertz CT molecular complexity index is 390. The monoisotopic (exact) mass is 293 g/mol. The SMILES string of the molecule is CCCCCOc1ccc(CNCCCC(=O)OC)cc1. The molecule has 0 saturated heterocycles. The molecule has 0 saturated carbocycles. The normalized spacial score (nSPS) is 10.4. The van der Waals surface area contributed by atoms with Crippen LogP contribution in [-0.2, 0) is 16.1 Å². The van der Waals surface area contributed by atoms with Crippen molar-refractivity contribution in [3.05, 3.63) is 29.8 Å². The van der Waals surface area contributed by atoms with Gasteiger partial charge in [-0.15, -0.1) is 0 Å². The van der Waals surface area contributed by atoms with Gasteiger partial charge in [0.15, 0.2) is 0 Å². The van der Waals surface area contributed by atoms with Crippen LogP contribution in [0.1, 0.15) is 44.6 Å². The molecule has 1 N–H and O–H groups in total. The van der Waals surface area contributed by atoms with Gasteiger partial charge in [0.05, 0.1) is 13.7 Å². The Labute approximate surface area is 127 Å². The molecular formula is C17H27NO3. The molecule has 0 atom stereocenters. The average molecular weight is 293 g/mol. The smallest absolute Gasteiger partial charge is 0.305 e. The lowest BCUT2D eigenvalue weighted by atomic mass is 10.2. The standard InChI is InChI=1S/C17H27NO3/c1-3-4-5-13-21-16-10-8-15(9-11-16)14-18-12-6-7-17(19)20-2/h8-11,18H,3-7,12-14H2,1-2H3. The first-order valence-electron chi connectivity index (χ1n) is 7.75. The molecule has 1 rings (SSSR count). The number of carbonyl (C=O) groups excluding carboxylic acids is 1. The summed E-state index contributed by atoms with van der Waals surface area (Å²) in [6.45, 7) is 4.59. The Morgan fingerprint density at radius 2 is 1.90 bits per heavy atom. The van der Waals surface area contributed by atoms with E-state index < -0.39 is 0 Å². The summed E-state index contributed by atoms with van der Waals surface area (Å²) in [6.07, 6.45) is 4.80. The molecule has 0 fully saturated rings. The Balaban J connectivity index is 2.14. The van der Waals surface area contributed by atoms with Crippen LogP contribution in [0.3, 0.4) is 0 Å². The molecular weight excluding hydrogens is 266 g/mol. The lowest BCUT2D eigenvalue weighted by Gasteiger charge is -2.08. The molecule has 4 heteroatoms. The number of benzene rings is 1. The summed E-state index contributed by atoms with van der Waals surface area (Å²) in [6, 6.07) is 8.17. The number of nitrogens with one attached hydrogen (secondary N) is 1. The van der Waals surface area contributed by atoms with Crippen molar-refractivity contribution in [2.75, 3.05) is 20.3 Å². The van der Waals surface area contributed by atoms with E-state index in [0.29, 0.717) is 6.42 Å². The molecule has 0 aliphatic rings. The van der Waals surface area contributed by atoms with Crippen LogP contribution in [0.4, 0.5) is 0 Å². The summed E-state index contributed by atoms with van der Waals surface area (Å²) in [4.78, 5) is 10.9. The highest BCUT2D eigenvalue weighted by Crippen LogP contribution is 2.12. The number of esters is 1. The fourth-order valence-electron chi connectivity index (χ4n) is 1.94. The molecule has 118 valence electrons. The van der Waals surface area contributed by atoms with Crippen molar-refractivity contribution in [3.8, 4) is 5.75 Å². The fourth-order valence-corrected chi connectivity index (χ4v) is 1.94. The number of ether oxygens (including phenoxy) is 2. The van der Waals surface area contributed by atoms with E-state index >= 15 is 0 Å². The quantitative estimate of drug-likeness (QED) is 0.502. The van der Waals surface area contributed by atoms with Gasteiger partial charge in [-0.05, 0) is 37.1 Å². The largest absolute Gasteiger partial charge is 0.494 e. The molecule has 4 nitrogen and oxygen atoms in total. The summed E-state index contributed by atoms with van der Waals surface area (Å²) in [5.41, 5.74) is 1.22. The fraction of sp³-hybridized carbons (Fsp3) is 0.588. The first kappa shape index (κ1) is 17.5. The van der Waals surface area contributed by atoms with Gasteiger partial charge in [-0.25, -0.2) is 0 Å². The third-order valence-electron chi connectivity index (χ3n) is 3.23. The van der Waals surface area contributed by atoms with Crippen molar-refractivity contribution in [2.45, 2.75) is 45.6 Å². The van der Waals surface area contributed by atoms with Gasteiger partial charge in [-0.3, -0.25) is 4.79 Å². The zero-order valence-corrected chi connectivity index (χ0v) is 13.2. The number of hydrogen-bond acceptors (Lipinski definition) is 4. The molecule has 0 aliphatic carbocycles. The maximum absolute atomic E-state index is 10.9. The number of rotatable bonds is 11. The van der Waals surface area contributed by atoms with Crippen molar-refractivity contribution in [1.29, 1.82) is 0 Å². The van der Waals surface area contributed by atoms with Gasteiger partial charge in [-0.1, -0.05) is 31.9 Å². The van der Waals surface area contributed by atoms with Crippen molar-refractivity contribution < 1.29 is 14.3 Å². The highest BCUT2D eigenvalue weighted by Gasteiger charge is 1.99. The van der Waals surface area contributed by atoms with E-state index in [-0.39, 0.29) is 5.97 Å². The summed E-state index contributed by atoms with van der Waals surface area (Å²) in [5, 5.41) is 3.31. The molecule has 0 amide bonds. The van der Waals surface area contributed by atoms with Gasteiger partial charge in [0.1, 0.15) is 5.75 Å². The third kappa shape index (κ3) is 8.35. The number of carbonyl (C=O) groups is 1. The van der Waals surface area contributed by atoms with Gasteiger partial charge in [0.2, 0.25) is 0 Å². The Hall–Kier alpha value is -1.55. The van der Waals surface area contributed by atoms with E-state index in [4.69, 9.17) is 4.74 Å².